The highest BCUT2D eigenvalue weighted by Crippen LogP contribution is 2.29. The van der Waals surface area contributed by atoms with Gasteiger partial charge in [-0.1, -0.05) is 39.2 Å². The van der Waals surface area contributed by atoms with Gasteiger partial charge in [0, 0.05) is 12.2 Å². The minimum atomic E-state index is 0.445. The first-order valence-electron chi connectivity index (χ1n) is 7.91. The van der Waals surface area contributed by atoms with Crippen LogP contribution < -0.4 is 5.32 Å². The highest BCUT2D eigenvalue weighted by atomic mass is 15.1. The van der Waals surface area contributed by atoms with Gasteiger partial charge < -0.3 is 5.32 Å². The maximum absolute atomic E-state index is 4.88. The lowest BCUT2D eigenvalue weighted by molar-refractivity contribution is 0.461. The van der Waals surface area contributed by atoms with Gasteiger partial charge in [0.2, 0.25) is 0 Å². The van der Waals surface area contributed by atoms with Crippen molar-refractivity contribution in [2.24, 2.45) is 0 Å². The molecule has 0 atom stereocenters. The zero-order chi connectivity index (χ0) is 14.1. The summed E-state index contributed by atoms with van der Waals surface area (Å²) < 4.78 is 2.24. The highest BCUT2D eigenvalue weighted by molar-refractivity contribution is 5.60. The van der Waals surface area contributed by atoms with E-state index in [9.17, 15) is 0 Å². The van der Waals surface area contributed by atoms with E-state index >= 15 is 0 Å². The number of hydrogen-bond donors (Lipinski definition) is 1. The second-order valence-electron chi connectivity index (χ2n) is 6.36. The van der Waals surface area contributed by atoms with Crippen LogP contribution in [0.5, 0.6) is 0 Å². The van der Waals surface area contributed by atoms with Crippen molar-refractivity contribution in [1.82, 2.24) is 9.38 Å². The summed E-state index contributed by atoms with van der Waals surface area (Å²) in [6.45, 7) is 6.59. The lowest BCUT2D eigenvalue weighted by Crippen LogP contribution is -2.23. The molecule has 20 heavy (non-hydrogen) atoms. The number of pyridine rings is 1. The van der Waals surface area contributed by atoms with Crippen LogP contribution in [0.2, 0.25) is 0 Å². The van der Waals surface area contributed by atoms with E-state index in [-0.39, 0.29) is 0 Å². The maximum Gasteiger partial charge on any atom is 0.141 e. The molecule has 2 aromatic rings. The smallest absolute Gasteiger partial charge is 0.141 e. The summed E-state index contributed by atoms with van der Waals surface area (Å²) >= 11 is 0. The van der Waals surface area contributed by atoms with E-state index in [0.29, 0.717) is 12.0 Å². The van der Waals surface area contributed by atoms with Crippen LogP contribution in [0.25, 0.3) is 5.65 Å². The van der Waals surface area contributed by atoms with E-state index in [1.54, 1.807) is 0 Å². The molecule has 3 rings (SSSR count). The molecule has 0 unspecified atom stereocenters. The van der Waals surface area contributed by atoms with E-state index in [4.69, 9.17) is 4.98 Å². The van der Waals surface area contributed by atoms with Gasteiger partial charge in [-0.3, -0.25) is 4.40 Å². The molecular weight excluding hydrogens is 246 g/mol. The van der Waals surface area contributed by atoms with Gasteiger partial charge in [-0.05, 0) is 37.3 Å². The fourth-order valence-corrected chi connectivity index (χ4v) is 3.21. The van der Waals surface area contributed by atoms with E-state index in [1.165, 1.54) is 49.2 Å². The molecule has 108 valence electrons. The van der Waals surface area contributed by atoms with Crippen LogP contribution in [-0.2, 0) is 0 Å². The first-order chi connectivity index (χ1) is 9.66. The summed E-state index contributed by atoms with van der Waals surface area (Å²) in [5.41, 5.74) is 3.53. The summed E-state index contributed by atoms with van der Waals surface area (Å²) in [6, 6.07) is 4.86. The molecule has 2 heterocycles. The second-order valence-corrected chi connectivity index (χ2v) is 6.36. The normalized spacial score (nSPS) is 17.0. The van der Waals surface area contributed by atoms with Crippen molar-refractivity contribution in [3.05, 3.63) is 29.6 Å². The molecule has 0 spiro atoms. The average Bonchev–Trinajstić information content (AvgIpc) is 2.81. The summed E-state index contributed by atoms with van der Waals surface area (Å²) in [7, 11) is 0. The fourth-order valence-electron chi connectivity index (χ4n) is 3.21. The predicted molar refractivity (Wildman–Crippen MR) is 84.5 cm³/mol. The standard InChI is InChI=1S/C17H25N3/c1-12(2)15-17(18-14-9-5-4-6-10-14)20-11-7-8-13(3)16(20)19-15/h7-8,11-12,14,18H,4-6,9-10H2,1-3H3. The Morgan fingerprint density at radius 2 is 2.00 bits per heavy atom. The fraction of sp³-hybridized carbons (Fsp3) is 0.588. The summed E-state index contributed by atoms with van der Waals surface area (Å²) in [4.78, 5) is 4.88. The Balaban J connectivity index is 2.02. The van der Waals surface area contributed by atoms with Crippen molar-refractivity contribution in [2.75, 3.05) is 5.32 Å². The molecule has 1 N–H and O–H groups in total. The van der Waals surface area contributed by atoms with Crippen LogP contribution in [-0.4, -0.2) is 15.4 Å². The van der Waals surface area contributed by atoms with Crippen LogP contribution in [0.15, 0.2) is 18.3 Å². The average molecular weight is 271 g/mol. The van der Waals surface area contributed by atoms with Crippen molar-refractivity contribution in [2.45, 2.75) is 64.8 Å². The molecule has 0 amide bonds. The third-order valence-corrected chi connectivity index (χ3v) is 4.37. The Labute approximate surface area is 121 Å². The van der Waals surface area contributed by atoms with Crippen LogP contribution in [0.1, 0.15) is 63.1 Å². The molecule has 1 aliphatic carbocycles. The van der Waals surface area contributed by atoms with E-state index in [2.05, 4.69) is 48.8 Å². The molecule has 2 aromatic heterocycles. The molecule has 0 saturated heterocycles. The van der Waals surface area contributed by atoms with Crippen LogP contribution in [0.4, 0.5) is 5.82 Å². The number of hydrogen-bond acceptors (Lipinski definition) is 2. The van der Waals surface area contributed by atoms with E-state index < -0.39 is 0 Å². The van der Waals surface area contributed by atoms with Gasteiger partial charge >= 0.3 is 0 Å². The van der Waals surface area contributed by atoms with Gasteiger partial charge in [0.15, 0.2) is 0 Å². The Morgan fingerprint density at radius 3 is 2.70 bits per heavy atom. The second kappa shape index (κ2) is 5.47. The third kappa shape index (κ3) is 2.41. The zero-order valence-electron chi connectivity index (χ0n) is 12.8. The highest BCUT2D eigenvalue weighted by Gasteiger charge is 2.20. The number of nitrogens with zero attached hydrogens (tertiary/aromatic N) is 2. The first-order valence-corrected chi connectivity index (χ1v) is 7.91. The number of fused-ring (bicyclic) bond motifs is 1. The zero-order valence-corrected chi connectivity index (χ0v) is 12.8. The van der Waals surface area contributed by atoms with Crippen molar-refractivity contribution in [1.29, 1.82) is 0 Å². The molecule has 3 nitrogen and oxygen atoms in total. The van der Waals surface area contributed by atoms with E-state index in [1.807, 2.05) is 0 Å². The lowest BCUT2D eigenvalue weighted by atomic mass is 9.95. The minimum absolute atomic E-state index is 0.445. The molecular formula is C17H25N3. The summed E-state index contributed by atoms with van der Waals surface area (Å²) in [5, 5.41) is 3.78. The lowest BCUT2D eigenvalue weighted by Gasteiger charge is -2.24. The number of rotatable bonds is 3. The first kappa shape index (κ1) is 13.5. The molecule has 0 aliphatic heterocycles. The molecule has 3 heteroatoms. The molecule has 0 bridgehead atoms. The Kier molecular flexibility index (Phi) is 3.68. The molecule has 1 aliphatic rings. The molecule has 0 aromatic carbocycles. The Morgan fingerprint density at radius 1 is 1.25 bits per heavy atom. The predicted octanol–water partition coefficient (Wildman–Crippen LogP) is 4.51. The summed E-state index contributed by atoms with van der Waals surface area (Å²) in [6.07, 6.45) is 8.80. The monoisotopic (exact) mass is 271 g/mol. The number of aromatic nitrogens is 2. The van der Waals surface area contributed by atoms with Crippen LogP contribution in [0.3, 0.4) is 0 Å². The van der Waals surface area contributed by atoms with Gasteiger partial charge in [-0.25, -0.2) is 4.98 Å². The quantitative estimate of drug-likeness (QED) is 0.890. The number of aryl methyl sites for hydroxylation is 1. The van der Waals surface area contributed by atoms with Gasteiger partial charge in [-0.2, -0.15) is 0 Å². The maximum atomic E-state index is 4.88. The van der Waals surface area contributed by atoms with Gasteiger partial charge in [0.05, 0.1) is 5.69 Å². The van der Waals surface area contributed by atoms with Crippen molar-refractivity contribution in [3.63, 3.8) is 0 Å². The number of nitrogens with one attached hydrogen (secondary N) is 1. The third-order valence-electron chi connectivity index (χ3n) is 4.37. The topological polar surface area (TPSA) is 29.3 Å². The van der Waals surface area contributed by atoms with Crippen molar-refractivity contribution < 1.29 is 0 Å². The summed E-state index contributed by atoms with van der Waals surface area (Å²) in [5.74, 6) is 1.66. The van der Waals surface area contributed by atoms with E-state index in [0.717, 1.165) is 5.65 Å². The van der Waals surface area contributed by atoms with Crippen LogP contribution in [0, 0.1) is 6.92 Å². The molecule has 1 saturated carbocycles. The Bertz CT molecular complexity index is 592. The molecule has 1 fully saturated rings. The van der Waals surface area contributed by atoms with Crippen molar-refractivity contribution >= 4 is 11.5 Å². The van der Waals surface area contributed by atoms with Gasteiger partial charge in [0.25, 0.3) is 0 Å². The van der Waals surface area contributed by atoms with Crippen LogP contribution >= 0.6 is 0 Å². The number of anilines is 1. The van der Waals surface area contributed by atoms with Gasteiger partial charge in [-0.15, -0.1) is 0 Å². The Hall–Kier alpha value is -1.51. The molecule has 0 radical (unpaired) electrons. The van der Waals surface area contributed by atoms with Crippen molar-refractivity contribution in [3.8, 4) is 0 Å². The largest absolute Gasteiger partial charge is 0.367 e. The van der Waals surface area contributed by atoms with Gasteiger partial charge in [0.1, 0.15) is 11.5 Å². The number of imidazole rings is 1. The minimum Gasteiger partial charge on any atom is -0.367 e. The SMILES string of the molecule is Cc1cccn2c(NC3CCCCC3)c(C(C)C)nc12.